The minimum absolute atomic E-state index is 0.0923. The van der Waals surface area contributed by atoms with Gasteiger partial charge in [0.2, 0.25) is 5.91 Å². The summed E-state index contributed by atoms with van der Waals surface area (Å²) >= 11 is 11.9. The van der Waals surface area contributed by atoms with E-state index in [-0.39, 0.29) is 11.7 Å². The van der Waals surface area contributed by atoms with E-state index < -0.39 is 0 Å². The Hall–Kier alpha value is -2.23. The van der Waals surface area contributed by atoms with E-state index in [9.17, 15) is 4.79 Å². The van der Waals surface area contributed by atoms with Gasteiger partial charge in [0.15, 0.2) is 5.82 Å². The Balaban J connectivity index is 1.72. The maximum absolute atomic E-state index is 12.2. The fourth-order valence-corrected chi connectivity index (χ4v) is 2.97. The zero-order valence-corrected chi connectivity index (χ0v) is 16.1. The van der Waals surface area contributed by atoms with Crippen molar-refractivity contribution in [2.75, 3.05) is 19.3 Å². The molecule has 0 spiro atoms. The molecule has 3 N–H and O–H groups in total. The van der Waals surface area contributed by atoms with E-state index in [4.69, 9.17) is 34.2 Å². The maximum Gasteiger partial charge on any atom is 0.222 e. The van der Waals surface area contributed by atoms with Crippen LogP contribution in [0.5, 0.6) is 0 Å². The summed E-state index contributed by atoms with van der Waals surface area (Å²) in [6, 6.07) is 7.56. The quantitative estimate of drug-likeness (QED) is 0.715. The summed E-state index contributed by atoms with van der Waals surface area (Å²) in [6.45, 7) is 0.607. The number of halogens is 2. The van der Waals surface area contributed by atoms with Gasteiger partial charge in [0.1, 0.15) is 11.6 Å². The molecule has 1 heterocycles. The zero-order valence-electron chi connectivity index (χ0n) is 14.6. The van der Waals surface area contributed by atoms with E-state index in [0.717, 1.165) is 24.8 Å². The van der Waals surface area contributed by atoms with Gasteiger partial charge >= 0.3 is 0 Å². The summed E-state index contributed by atoms with van der Waals surface area (Å²) in [4.78, 5) is 13.9. The Morgan fingerprint density at radius 3 is 2.77 bits per heavy atom. The van der Waals surface area contributed by atoms with E-state index in [1.54, 1.807) is 18.0 Å². The highest BCUT2D eigenvalue weighted by molar-refractivity contribution is 6.42. The first-order valence-electron chi connectivity index (χ1n) is 8.33. The molecule has 0 aliphatic carbocycles. The number of nitriles is 1. The number of carbonyl (C=O) groups excluding carboxylic acids is 1. The van der Waals surface area contributed by atoms with Crippen LogP contribution in [0.2, 0.25) is 10.0 Å². The second-order valence-electron chi connectivity index (χ2n) is 6.10. The van der Waals surface area contributed by atoms with Gasteiger partial charge in [-0.1, -0.05) is 29.3 Å². The molecule has 0 saturated heterocycles. The number of hydrogen-bond acceptors (Lipinski definition) is 4. The van der Waals surface area contributed by atoms with Crippen LogP contribution >= 0.6 is 23.2 Å². The van der Waals surface area contributed by atoms with Crippen LogP contribution in [-0.4, -0.2) is 34.6 Å². The van der Waals surface area contributed by atoms with Crippen molar-refractivity contribution in [3.63, 3.8) is 0 Å². The smallest absolute Gasteiger partial charge is 0.222 e. The standard InChI is InChI=1S/C18H21Cl2N5O/c1-25(9-3-5-16-13(11-21)18(22)24-23-16)17(26)6-2-4-12-7-8-14(19)15(20)10-12/h7-8,10H,2-6,9H2,1H3,(H3,22,23,24). The van der Waals surface area contributed by atoms with Gasteiger partial charge in [-0.25, -0.2) is 0 Å². The first kappa shape index (κ1) is 20.1. The number of aromatic amines is 1. The Kier molecular flexibility index (Phi) is 7.31. The fourth-order valence-electron chi connectivity index (χ4n) is 2.65. The first-order valence-corrected chi connectivity index (χ1v) is 9.08. The second kappa shape index (κ2) is 9.46. The first-order chi connectivity index (χ1) is 12.4. The third kappa shape index (κ3) is 5.38. The van der Waals surface area contributed by atoms with Gasteiger partial charge in [0, 0.05) is 20.0 Å². The molecule has 6 nitrogen and oxygen atoms in total. The summed E-state index contributed by atoms with van der Waals surface area (Å²) in [7, 11) is 1.79. The summed E-state index contributed by atoms with van der Waals surface area (Å²) in [6.07, 6.45) is 3.34. The number of hydrogen-bond donors (Lipinski definition) is 2. The fraction of sp³-hybridized carbons (Fsp3) is 0.389. The number of benzene rings is 1. The molecule has 1 amide bonds. The third-order valence-electron chi connectivity index (χ3n) is 4.17. The van der Waals surface area contributed by atoms with Crippen molar-refractivity contribution in [3.8, 4) is 6.07 Å². The summed E-state index contributed by atoms with van der Waals surface area (Å²) in [5, 5.41) is 16.7. The lowest BCUT2D eigenvalue weighted by molar-refractivity contribution is -0.130. The molecule has 0 bridgehead atoms. The molecular weight excluding hydrogens is 373 g/mol. The van der Waals surface area contributed by atoms with Crippen LogP contribution in [0.1, 0.15) is 36.1 Å². The number of carbonyl (C=O) groups is 1. The SMILES string of the molecule is CN(CCCc1[nH]nc(N)c1C#N)C(=O)CCCc1ccc(Cl)c(Cl)c1. The van der Waals surface area contributed by atoms with Crippen molar-refractivity contribution in [3.05, 3.63) is 45.1 Å². The van der Waals surface area contributed by atoms with E-state index in [1.807, 2.05) is 18.2 Å². The highest BCUT2D eigenvalue weighted by Gasteiger charge is 2.12. The normalized spacial score (nSPS) is 10.5. The number of nitrogen functional groups attached to an aromatic ring is 1. The molecule has 0 saturated carbocycles. The van der Waals surface area contributed by atoms with Crippen LogP contribution in [0.25, 0.3) is 0 Å². The van der Waals surface area contributed by atoms with Gasteiger partial charge in [-0.15, -0.1) is 0 Å². The average Bonchev–Trinajstić information content (AvgIpc) is 2.97. The van der Waals surface area contributed by atoms with Crippen molar-refractivity contribution >= 4 is 34.9 Å². The van der Waals surface area contributed by atoms with E-state index in [1.165, 1.54) is 0 Å². The molecule has 2 aromatic rings. The predicted octanol–water partition coefficient (Wildman–Crippen LogP) is 3.58. The number of aromatic nitrogens is 2. The van der Waals surface area contributed by atoms with Crippen LogP contribution in [0.15, 0.2) is 18.2 Å². The lowest BCUT2D eigenvalue weighted by atomic mass is 10.1. The van der Waals surface area contributed by atoms with Crippen LogP contribution in [0.3, 0.4) is 0 Å². The third-order valence-corrected chi connectivity index (χ3v) is 4.91. The monoisotopic (exact) mass is 393 g/mol. The number of aryl methyl sites for hydroxylation is 2. The summed E-state index contributed by atoms with van der Waals surface area (Å²) in [5.41, 5.74) is 7.78. The Morgan fingerprint density at radius 2 is 2.08 bits per heavy atom. The summed E-state index contributed by atoms with van der Waals surface area (Å²) < 4.78 is 0. The largest absolute Gasteiger partial charge is 0.381 e. The molecule has 26 heavy (non-hydrogen) atoms. The van der Waals surface area contributed by atoms with E-state index in [0.29, 0.717) is 40.7 Å². The van der Waals surface area contributed by atoms with Crippen LogP contribution in [-0.2, 0) is 17.6 Å². The van der Waals surface area contributed by atoms with Crippen LogP contribution < -0.4 is 5.73 Å². The van der Waals surface area contributed by atoms with Gasteiger partial charge in [-0.05, 0) is 43.4 Å². The van der Waals surface area contributed by atoms with Crippen molar-refractivity contribution in [1.82, 2.24) is 15.1 Å². The van der Waals surface area contributed by atoms with Crippen molar-refractivity contribution in [2.45, 2.75) is 32.1 Å². The number of anilines is 1. The molecule has 0 atom stereocenters. The number of nitrogens with zero attached hydrogens (tertiary/aromatic N) is 3. The number of amides is 1. The maximum atomic E-state index is 12.2. The van der Waals surface area contributed by atoms with E-state index >= 15 is 0 Å². The number of rotatable bonds is 8. The minimum Gasteiger partial charge on any atom is -0.381 e. The highest BCUT2D eigenvalue weighted by atomic mass is 35.5. The van der Waals surface area contributed by atoms with Crippen molar-refractivity contribution in [2.24, 2.45) is 0 Å². The summed E-state index contributed by atoms with van der Waals surface area (Å²) in [5.74, 6) is 0.309. The zero-order chi connectivity index (χ0) is 19.1. The lowest BCUT2D eigenvalue weighted by Gasteiger charge is -2.17. The Bertz CT molecular complexity index is 812. The molecule has 0 fully saturated rings. The molecule has 2 rings (SSSR count). The molecular formula is C18H21Cl2N5O. The Labute approximate surface area is 162 Å². The number of H-pyrrole nitrogens is 1. The van der Waals surface area contributed by atoms with Gasteiger partial charge in [0.25, 0.3) is 0 Å². The molecule has 1 aromatic heterocycles. The second-order valence-corrected chi connectivity index (χ2v) is 6.91. The Morgan fingerprint density at radius 1 is 1.31 bits per heavy atom. The molecule has 0 aliphatic heterocycles. The van der Waals surface area contributed by atoms with Gasteiger partial charge in [0.05, 0.1) is 15.7 Å². The highest BCUT2D eigenvalue weighted by Crippen LogP contribution is 2.23. The predicted molar refractivity (Wildman–Crippen MR) is 103 cm³/mol. The van der Waals surface area contributed by atoms with Crippen LogP contribution in [0.4, 0.5) is 5.82 Å². The number of nitrogens with two attached hydrogens (primary N) is 1. The van der Waals surface area contributed by atoms with Crippen LogP contribution in [0, 0.1) is 11.3 Å². The van der Waals surface area contributed by atoms with E-state index in [2.05, 4.69) is 10.2 Å². The molecule has 8 heteroatoms. The minimum atomic E-state index is 0.0923. The number of nitrogens with one attached hydrogen (secondary N) is 1. The molecule has 1 aromatic carbocycles. The topological polar surface area (TPSA) is 98.8 Å². The van der Waals surface area contributed by atoms with Gasteiger partial charge in [-0.3, -0.25) is 9.89 Å². The molecule has 0 aliphatic rings. The molecule has 0 radical (unpaired) electrons. The van der Waals surface area contributed by atoms with Gasteiger partial charge < -0.3 is 10.6 Å². The van der Waals surface area contributed by atoms with Crippen molar-refractivity contribution in [1.29, 1.82) is 5.26 Å². The van der Waals surface area contributed by atoms with Gasteiger partial charge in [-0.2, -0.15) is 10.4 Å². The van der Waals surface area contributed by atoms with Crippen molar-refractivity contribution < 1.29 is 4.79 Å². The molecule has 138 valence electrons. The lowest BCUT2D eigenvalue weighted by Crippen LogP contribution is -2.27. The average molecular weight is 394 g/mol. The molecule has 0 unspecified atom stereocenters.